The summed E-state index contributed by atoms with van der Waals surface area (Å²) >= 11 is 0. The molecular formula is C8H9NO2. The topological polar surface area (TPSA) is 53.1 Å². The van der Waals surface area contributed by atoms with Gasteiger partial charge in [-0.15, -0.1) is 0 Å². The van der Waals surface area contributed by atoms with E-state index in [0.717, 1.165) is 0 Å². The Kier molecular flexibility index (Phi) is 2.63. The summed E-state index contributed by atoms with van der Waals surface area (Å²) < 4.78 is 0. The lowest BCUT2D eigenvalue weighted by Gasteiger charge is -1.89. The Morgan fingerprint density at radius 1 is 1.64 bits per heavy atom. The Labute approximate surface area is 64.0 Å². The molecule has 0 aliphatic heterocycles. The zero-order chi connectivity index (χ0) is 8.10. The molecule has 0 unspecified atom stereocenters. The Hall–Kier alpha value is -1.35. The average molecular weight is 151 g/mol. The summed E-state index contributed by atoms with van der Waals surface area (Å²) in [5, 5.41) is 8.42. The fraction of sp³-hybridized carbons (Fsp3) is 0.125. The third kappa shape index (κ3) is 2.39. The third-order valence-electron chi connectivity index (χ3n) is 1.20. The highest BCUT2D eigenvalue weighted by Crippen LogP contribution is 1.90. The van der Waals surface area contributed by atoms with Gasteiger partial charge < -0.3 is 10.1 Å². The fourth-order valence-corrected chi connectivity index (χ4v) is 0.739. The van der Waals surface area contributed by atoms with Gasteiger partial charge in [0.25, 0.3) is 0 Å². The second kappa shape index (κ2) is 3.73. The molecule has 0 amide bonds. The summed E-state index contributed by atoms with van der Waals surface area (Å²) in [6.07, 6.45) is 4.78. The molecular weight excluding hydrogens is 142 g/mol. The van der Waals surface area contributed by atoms with Crippen LogP contribution in [0.2, 0.25) is 0 Å². The van der Waals surface area contributed by atoms with Gasteiger partial charge in [-0.25, -0.2) is 0 Å². The van der Waals surface area contributed by atoms with Gasteiger partial charge in [0.1, 0.15) is 0 Å². The molecule has 0 spiro atoms. The van der Waals surface area contributed by atoms with Crippen molar-refractivity contribution in [2.75, 3.05) is 6.61 Å². The van der Waals surface area contributed by atoms with Crippen LogP contribution < -0.4 is 5.43 Å². The van der Waals surface area contributed by atoms with E-state index in [9.17, 15) is 4.79 Å². The molecule has 0 bridgehead atoms. The molecule has 1 heterocycles. The Morgan fingerprint density at radius 2 is 2.45 bits per heavy atom. The van der Waals surface area contributed by atoms with Gasteiger partial charge in [0.05, 0.1) is 6.61 Å². The minimum atomic E-state index is -0.0404. The van der Waals surface area contributed by atoms with E-state index in [4.69, 9.17) is 5.11 Å². The summed E-state index contributed by atoms with van der Waals surface area (Å²) in [5.74, 6) is 0. The second-order valence-electron chi connectivity index (χ2n) is 2.06. The van der Waals surface area contributed by atoms with Gasteiger partial charge in [0.2, 0.25) is 0 Å². The molecule has 3 heteroatoms. The van der Waals surface area contributed by atoms with E-state index in [1.165, 1.54) is 12.1 Å². The van der Waals surface area contributed by atoms with Crippen molar-refractivity contribution in [3.8, 4) is 0 Å². The molecule has 1 rings (SSSR count). The average Bonchev–Trinajstić information content (AvgIpc) is 2.01. The highest BCUT2D eigenvalue weighted by Gasteiger charge is 1.85. The summed E-state index contributed by atoms with van der Waals surface area (Å²) in [4.78, 5) is 13.6. The van der Waals surface area contributed by atoms with Gasteiger partial charge in [0, 0.05) is 24.0 Å². The normalized spacial score (nSPS) is 10.6. The number of H-pyrrole nitrogens is 1. The van der Waals surface area contributed by atoms with E-state index in [2.05, 4.69) is 4.98 Å². The minimum Gasteiger partial charge on any atom is -0.392 e. The van der Waals surface area contributed by atoms with Crippen LogP contribution in [0, 0.1) is 0 Å². The maximum Gasteiger partial charge on any atom is 0.182 e. The van der Waals surface area contributed by atoms with Crippen LogP contribution in [0.15, 0.2) is 29.2 Å². The smallest absolute Gasteiger partial charge is 0.182 e. The minimum absolute atomic E-state index is 0.0169. The van der Waals surface area contributed by atoms with Gasteiger partial charge in [-0.1, -0.05) is 6.08 Å². The molecule has 0 radical (unpaired) electrons. The quantitative estimate of drug-likeness (QED) is 0.642. The Morgan fingerprint density at radius 3 is 3.09 bits per heavy atom. The molecule has 0 saturated heterocycles. The van der Waals surface area contributed by atoms with Crippen LogP contribution >= 0.6 is 0 Å². The highest BCUT2D eigenvalue weighted by atomic mass is 16.2. The molecule has 1 aromatic rings. The van der Waals surface area contributed by atoms with Crippen LogP contribution in [0.5, 0.6) is 0 Å². The summed E-state index contributed by atoms with van der Waals surface area (Å²) in [6.45, 7) is -0.0169. The van der Waals surface area contributed by atoms with E-state index in [1.807, 2.05) is 0 Å². The zero-order valence-electron chi connectivity index (χ0n) is 5.95. The zero-order valence-corrected chi connectivity index (χ0v) is 5.95. The van der Waals surface area contributed by atoms with E-state index in [1.54, 1.807) is 18.3 Å². The van der Waals surface area contributed by atoms with E-state index >= 15 is 0 Å². The molecule has 11 heavy (non-hydrogen) atoms. The molecule has 58 valence electrons. The van der Waals surface area contributed by atoms with Crippen LogP contribution in [0.1, 0.15) is 5.69 Å². The lowest BCUT2D eigenvalue weighted by atomic mass is 10.3. The number of hydrogen-bond donors (Lipinski definition) is 2. The first kappa shape index (κ1) is 7.75. The van der Waals surface area contributed by atoms with Crippen LogP contribution in [0.25, 0.3) is 6.08 Å². The van der Waals surface area contributed by atoms with Crippen LogP contribution in [0.4, 0.5) is 0 Å². The number of aromatic nitrogens is 1. The number of pyridine rings is 1. The summed E-state index contributed by atoms with van der Waals surface area (Å²) in [7, 11) is 0. The second-order valence-corrected chi connectivity index (χ2v) is 2.06. The van der Waals surface area contributed by atoms with Crippen molar-refractivity contribution in [2.45, 2.75) is 0 Å². The molecule has 0 aromatic carbocycles. The first-order valence-corrected chi connectivity index (χ1v) is 3.29. The van der Waals surface area contributed by atoms with Crippen molar-refractivity contribution in [1.29, 1.82) is 0 Å². The number of aliphatic hydroxyl groups is 1. The predicted molar refractivity (Wildman–Crippen MR) is 43.2 cm³/mol. The summed E-state index contributed by atoms with van der Waals surface area (Å²) in [6, 6.07) is 2.91. The number of hydrogen-bond acceptors (Lipinski definition) is 2. The van der Waals surface area contributed by atoms with Crippen molar-refractivity contribution in [3.05, 3.63) is 40.3 Å². The first-order chi connectivity index (χ1) is 5.33. The number of rotatable bonds is 2. The number of nitrogens with one attached hydrogen (secondary N) is 1. The maximum atomic E-state index is 10.7. The Balaban J connectivity index is 2.88. The largest absolute Gasteiger partial charge is 0.392 e. The monoisotopic (exact) mass is 151 g/mol. The van der Waals surface area contributed by atoms with Crippen molar-refractivity contribution in [2.24, 2.45) is 0 Å². The van der Waals surface area contributed by atoms with Crippen LogP contribution in [0.3, 0.4) is 0 Å². The summed E-state index contributed by atoms with van der Waals surface area (Å²) in [5.41, 5.74) is 0.660. The van der Waals surface area contributed by atoms with Crippen molar-refractivity contribution < 1.29 is 5.11 Å². The predicted octanol–water partition coefficient (Wildman–Crippen LogP) is 0.380. The number of aliphatic hydroxyl groups excluding tert-OH is 1. The van der Waals surface area contributed by atoms with Gasteiger partial charge >= 0.3 is 0 Å². The molecule has 0 aliphatic rings. The highest BCUT2D eigenvalue weighted by molar-refractivity contribution is 5.43. The van der Waals surface area contributed by atoms with E-state index < -0.39 is 0 Å². The van der Waals surface area contributed by atoms with E-state index in [-0.39, 0.29) is 12.0 Å². The SMILES string of the molecule is O=c1cc[nH]c(C=CCO)c1. The molecule has 0 fully saturated rings. The van der Waals surface area contributed by atoms with Crippen LogP contribution in [-0.4, -0.2) is 16.7 Å². The molecule has 2 N–H and O–H groups in total. The number of aromatic amines is 1. The molecule has 0 aliphatic carbocycles. The fourth-order valence-electron chi connectivity index (χ4n) is 0.739. The lowest BCUT2D eigenvalue weighted by molar-refractivity contribution is 0.343. The van der Waals surface area contributed by atoms with E-state index in [0.29, 0.717) is 5.69 Å². The van der Waals surface area contributed by atoms with Crippen LogP contribution in [-0.2, 0) is 0 Å². The van der Waals surface area contributed by atoms with Gasteiger partial charge in [-0.2, -0.15) is 0 Å². The van der Waals surface area contributed by atoms with Crippen molar-refractivity contribution in [1.82, 2.24) is 4.98 Å². The van der Waals surface area contributed by atoms with Gasteiger partial charge in [0.15, 0.2) is 5.43 Å². The third-order valence-corrected chi connectivity index (χ3v) is 1.20. The standard InChI is InChI=1S/C8H9NO2/c10-5-1-2-7-6-8(11)3-4-9-7/h1-4,6,10H,5H2,(H,9,11). The van der Waals surface area contributed by atoms with Gasteiger partial charge in [-0.3, -0.25) is 4.79 Å². The van der Waals surface area contributed by atoms with Gasteiger partial charge in [-0.05, 0) is 6.08 Å². The van der Waals surface area contributed by atoms with Crippen molar-refractivity contribution in [3.63, 3.8) is 0 Å². The molecule has 3 nitrogen and oxygen atoms in total. The maximum absolute atomic E-state index is 10.7. The lowest BCUT2D eigenvalue weighted by Crippen LogP contribution is -1.97. The first-order valence-electron chi connectivity index (χ1n) is 3.29. The molecule has 0 saturated carbocycles. The van der Waals surface area contributed by atoms with Crippen molar-refractivity contribution >= 4 is 6.08 Å². The Bertz CT molecular complexity index is 301. The molecule has 0 atom stereocenters. The molecule has 1 aromatic heterocycles.